The molecule has 1 aromatic heterocycles. The van der Waals surface area contributed by atoms with Gasteiger partial charge in [0.1, 0.15) is 0 Å². The number of hydrogen-bond acceptors (Lipinski definition) is 1. The van der Waals surface area contributed by atoms with Gasteiger partial charge in [0.05, 0.1) is 0 Å². The fourth-order valence-corrected chi connectivity index (χ4v) is 1.77. The zero-order valence-electron chi connectivity index (χ0n) is 9.33. The summed E-state index contributed by atoms with van der Waals surface area (Å²) in [7, 11) is 0. The SMILES string of the molecule is Cc1[c]ccc(-c2cc(C)nc(C)c2)c1. The van der Waals surface area contributed by atoms with Gasteiger partial charge in [0.15, 0.2) is 0 Å². The lowest BCUT2D eigenvalue weighted by atomic mass is 10.0. The van der Waals surface area contributed by atoms with Gasteiger partial charge >= 0.3 is 0 Å². The molecule has 0 N–H and O–H groups in total. The summed E-state index contributed by atoms with van der Waals surface area (Å²) in [6.45, 7) is 6.11. The first-order chi connectivity index (χ1) is 7.15. The Hall–Kier alpha value is -1.63. The molecule has 0 atom stereocenters. The highest BCUT2D eigenvalue weighted by Gasteiger charge is 2.00. The Morgan fingerprint density at radius 2 is 1.60 bits per heavy atom. The van der Waals surface area contributed by atoms with Gasteiger partial charge in [-0.2, -0.15) is 0 Å². The maximum Gasteiger partial charge on any atom is 0.0382 e. The molecule has 0 aliphatic heterocycles. The summed E-state index contributed by atoms with van der Waals surface area (Å²) in [6.07, 6.45) is 0. The summed E-state index contributed by atoms with van der Waals surface area (Å²) in [5.41, 5.74) is 5.77. The fourth-order valence-electron chi connectivity index (χ4n) is 1.77. The molecule has 0 unspecified atom stereocenters. The molecule has 0 aliphatic carbocycles. The number of nitrogens with zero attached hydrogens (tertiary/aromatic N) is 1. The third-order valence-corrected chi connectivity index (χ3v) is 2.36. The van der Waals surface area contributed by atoms with Crippen LogP contribution in [0, 0.1) is 26.8 Å². The average Bonchev–Trinajstić information content (AvgIpc) is 2.16. The Balaban J connectivity index is 2.54. The van der Waals surface area contributed by atoms with Crippen LogP contribution >= 0.6 is 0 Å². The van der Waals surface area contributed by atoms with Gasteiger partial charge in [-0.25, -0.2) is 0 Å². The van der Waals surface area contributed by atoms with E-state index in [-0.39, 0.29) is 0 Å². The zero-order chi connectivity index (χ0) is 10.8. The van der Waals surface area contributed by atoms with Crippen LogP contribution in [0.3, 0.4) is 0 Å². The second-order valence-electron chi connectivity index (χ2n) is 3.90. The van der Waals surface area contributed by atoms with E-state index in [2.05, 4.69) is 42.2 Å². The molecule has 0 fully saturated rings. The van der Waals surface area contributed by atoms with E-state index in [1.807, 2.05) is 19.9 Å². The normalized spacial score (nSPS) is 10.3. The van der Waals surface area contributed by atoms with Crippen LogP contribution in [0.4, 0.5) is 0 Å². The van der Waals surface area contributed by atoms with Crippen LogP contribution in [0.25, 0.3) is 11.1 Å². The Morgan fingerprint density at radius 1 is 0.933 bits per heavy atom. The first-order valence-corrected chi connectivity index (χ1v) is 5.09. The van der Waals surface area contributed by atoms with Gasteiger partial charge in [-0.3, -0.25) is 4.98 Å². The summed E-state index contributed by atoms with van der Waals surface area (Å²) < 4.78 is 0. The lowest BCUT2D eigenvalue weighted by molar-refractivity contribution is 1.12. The summed E-state index contributed by atoms with van der Waals surface area (Å²) in [5, 5.41) is 0. The lowest BCUT2D eigenvalue weighted by Crippen LogP contribution is -1.88. The summed E-state index contributed by atoms with van der Waals surface area (Å²) in [4.78, 5) is 4.37. The van der Waals surface area contributed by atoms with E-state index < -0.39 is 0 Å². The molecule has 1 radical (unpaired) electrons. The quantitative estimate of drug-likeness (QED) is 0.680. The summed E-state index contributed by atoms with van der Waals surface area (Å²) >= 11 is 0. The number of aromatic nitrogens is 1. The Labute approximate surface area is 90.8 Å². The van der Waals surface area contributed by atoms with Crippen LogP contribution in [0.1, 0.15) is 17.0 Å². The van der Waals surface area contributed by atoms with E-state index in [4.69, 9.17) is 0 Å². The van der Waals surface area contributed by atoms with Crippen molar-refractivity contribution in [3.8, 4) is 11.1 Å². The molecule has 15 heavy (non-hydrogen) atoms. The third kappa shape index (κ3) is 2.24. The van der Waals surface area contributed by atoms with Crippen molar-refractivity contribution in [3.63, 3.8) is 0 Å². The monoisotopic (exact) mass is 196 g/mol. The maximum atomic E-state index is 4.37. The van der Waals surface area contributed by atoms with E-state index in [9.17, 15) is 0 Å². The van der Waals surface area contributed by atoms with Gasteiger partial charge in [0.25, 0.3) is 0 Å². The van der Waals surface area contributed by atoms with Crippen LogP contribution in [-0.4, -0.2) is 4.98 Å². The molecule has 0 amide bonds. The largest absolute Gasteiger partial charge is 0.258 e. The molecule has 0 saturated heterocycles. The van der Waals surface area contributed by atoms with Gasteiger partial charge in [-0.1, -0.05) is 18.2 Å². The van der Waals surface area contributed by atoms with Crippen molar-refractivity contribution < 1.29 is 0 Å². The van der Waals surface area contributed by atoms with E-state index in [0.29, 0.717) is 0 Å². The standard InChI is InChI=1S/C14H14N/c1-10-5-4-6-13(7-10)14-8-11(2)15-12(3)9-14/h4,6-9H,1-3H3. The average molecular weight is 196 g/mol. The molecular formula is C14H14N. The van der Waals surface area contributed by atoms with Crippen LogP contribution in [0.15, 0.2) is 30.3 Å². The van der Waals surface area contributed by atoms with Crippen LogP contribution in [-0.2, 0) is 0 Å². The van der Waals surface area contributed by atoms with E-state index in [1.165, 1.54) is 16.7 Å². The topological polar surface area (TPSA) is 12.9 Å². The molecular weight excluding hydrogens is 182 g/mol. The lowest BCUT2D eigenvalue weighted by Gasteiger charge is -2.05. The highest BCUT2D eigenvalue weighted by Crippen LogP contribution is 2.21. The minimum atomic E-state index is 1.07. The number of rotatable bonds is 1. The minimum absolute atomic E-state index is 1.07. The molecule has 75 valence electrons. The van der Waals surface area contributed by atoms with E-state index in [1.54, 1.807) is 0 Å². The van der Waals surface area contributed by atoms with Gasteiger partial charge in [0.2, 0.25) is 0 Å². The summed E-state index contributed by atoms with van der Waals surface area (Å²) in [5.74, 6) is 0. The molecule has 1 nitrogen and oxygen atoms in total. The van der Waals surface area contributed by atoms with Crippen molar-refractivity contribution in [1.29, 1.82) is 0 Å². The van der Waals surface area contributed by atoms with Crippen LogP contribution in [0.2, 0.25) is 0 Å². The van der Waals surface area contributed by atoms with Crippen molar-refractivity contribution in [2.24, 2.45) is 0 Å². The molecule has 2 rings (SSSR count). The fraction of sp³-hybridized carbons (Fsp3) is 0.214. The Morgan fingerprint density at radius 3 is 2.20 bits per heavy atom. The van der Waals surface area contributed by atoms with E-state index in [0.717, 1.165) is 11.4 Å². The molecule has 1 heteroatoms. The van der Waals surface area contributed by atoms with Crippen molar-refractivity contribution in [3.05, 3.63) is 53.3 Å². The third-order valence-electron chi connectivity index (χ3n) is 2.36. The van der Waals surface area contributed by atoms with Crippen LogP contribution in [0.5, 0.6) is 0 Å². The van der Waals surface area contributed by atoms with Crippen molar-refractivity contribution >= 4 is 0 Å². The smallest absolute Gasteiger partial charge is 0.0382 e. The number of hydrogen-bond donors (Lipinski definition) is 0. The number of benzene rings is 1. The number of aryl methyl sites for hydroxylation is 3. The minimum Gasteiger partial charge on any atom is -0.258 e. The Kier molecular flexibility index (Phi) is 2.55. The van der Waals surface area contributed by atoms with Crippen LogP contribution < -0.4 is 0 Å². The highest BCUT2D eigenvalue weighted by atomic mass is 14.7. The van der Waals surface area contributed by atoms with Gasteiger partial charge < -0.3 is 0 Å². The number of pyridine rings is 1. The predicted octanol–water partition coefficient (Wildman–Crippen LogP) is 3.47. The highest BCUT2D eigenvalue weighted by molar-refractivity contribution is 5.64. The second kappa shape index (κ2) is 3.85. The molecule has 0 bridgehead atoms. The summed E-state index contributed by atoms with van der Waals surface area (Å²) in [6, 6.07) is 13.6. The molecule has 0 aliphatic rings. The first kappa shape index (κ1) is 9.91. The maximum absolute atomic E-state index is 4.37. The molecule has 0 spiro atoms. The van der Waals surface area contributed by atoms with E-state index >= 15 is 0 Å². The van der Waals surface area contributed by atoms with Crippen molar-refractivity contribution in [2.45, 2.75) is 20.8 Å². The molecule has 0 saturated carbocycles. The van der Waals surface area contributed by atoms with Gasteiger partial charge in [-0.15, -0.1) is 0 Å². The zero-order valence-corrected chi connectivity index (χ0v) is 9.33. The second-order valence-corrected chi connectivity index (χ2v) is 3.90. The molecule has 2 aromatic rings. The predicted molar refractivity (Wildman–Crippen MR) is 62.7 cm³/mol. The van der Waals surface area contributed by atoms with Crippen molar-refractivity contribution in [1.82, 2.24) is 4.98 Å². The first-order valence-electron chi connectivity index (χ1n) is 5.09. The van der Waals surface area contributed by atoms with Crippen molar-refractivity contribution in [2.75, 3.05) is 0 Å². The Bertz CT molecular complexity index is 466. The van der Waals surface area contributed by atoms with Gasteiger partial charge in [-0.05, 0) is 55.7 Å². The molecule has 1 aromatic carbocycles. The van der Waals surface area contributed by atoms with Gasteiger partial charge in [0, 0.05) is 11.4 Å². The molecule has 1 heterocycles.